The number of hydrogen-bond acceptors (Lipinski definition) is 2. The van der Waals surface area contributed by atoms with Gasteiger partial charge in [-0.2, -0.15) is 5.26 Å². The SMILES string of the molecule is CCCCC(C)(NC(=O)C(C#N)C(C)(C)CC)c1ccccc1. The summed E-state index contributed by atoms with van der Waals surface area (Å²) in [6, 6.07) is 12.3. The first kappa shape index (κ1) is 19.2. The summed E-state index contributed by atoms with van der Waals surface area (Å²) in [5, 5.41) is 12.7. The maximum absolute atomic E-state index is 12.8. The molecule has 2 atom stereocenters. The van der Waals surface area contributed by atoms with Crippen LogP contribution >= 0.6 is 0 Å². The van der Waals surface area contributed by atoms with Crippen LogP contribution in [0.15, 0.2) is 30.3 Å². The Balaban J connectivity index is 3.06. The molecule has 1 aromatic carbocycles. The van der Waals surface area contributed by atoms with Crippen LogP contribution in [0.5, 0.6) is 0 Å². The lowest BCUT2D eigenvalue weighted by atomic mass is 9.76. The first-order valence-corrected chi connectivity index (χ1v) is 8.58. The molecule has 3 heteroatoms. The van der Waals surface area contributed by atoms with E-state index < -0.39 is 11.5 Å². The molecule has 0 bridgehead atoms. The summed E-state index contributed by atoms with van der Waals surface area (Å²) in [6.45, 7) is 10.2. The van der Waals surface area contributed by atoms with Crippen molar-refractivity contribution in [2.45, 2.75) is 65.8 Å². The number of nitrogens with one attached hydrogen (secondary N) is 1. The fourth-order valence-electron chi connectivity index (χ4n) is 2.75. The van der Waals surface area contributed by atoms with Gasteiger partial charge >= 0.3 is 0 Å². The molecule has 3 nitrogen and oxygen atoms in total. The van der Waals surface area contributed by atoms with E-state index >= 15 is 0 Å². The average molecular weight is 314 g/mol. The highest BCUT2D eigenvalue weighted by Gasteiger charge is 2.37. The van der Waals surface area contributed by atoms with Crippen LogP contribution in [-0.4, -0.2) is 5.91 Å². The van der Waals surface area contributed by atoms with Crippen molar-refractivity contribution in [2.75, 3.05) is 0 Å². The summed E-state index contributed by atoms with van der Waals surface area (Å²) in [5.74, 6) is -0.807. The van der Waals surface area contributed by atoms with Gasteiger partial charge < -0.3 is 5.32 Å². The Hall–Kier alpha value is -1.82. The van der Waals surface area contributed by atoms with E-state index in [4.69, 9.17) is 0 Å². The van der Waals surface area contributed by atoms with Crippen molar-refractivity contribution in [3.8, 4) is 6.07 Å². The molecule has 0 spiro atoms. The van der Waals surface area contributed by atoms with E-state index in [1.165, 1.54) is 0 Å². The zero-order valence-electron chi connectivity index (χ0n) is 15.1. The van der Waals surface area contributed by atoms with E-state index in [1.807, 2.05) is 51.1 Å². The molecule has 1 amide bonds. The molecular weight excluding hydrogens is 284 g/mol. The highest BCUT2D eigenvalue weighted by Crippen LogP contribution is 2.33. The second kappa shape index (κ2) is 8.15. The summed E-state index contributed by atoms with van der Waals surface area (Å²) in [4.78, 5) is 12.8. The topological polar surface area (TPSA) is 52.9 Å². The summed E-state index contributed by atoms with van der Waals surface area (Å²) in [6.07, 6.45) is 3.75. The first-order chi connectivity index (χ1) is 10.8. The molecule has 1 aromatic rings. The molecule has 0 aliphatic heterocycles. The largest absolute Gasteiger partial charge is 0.346 e. The van der Waals surface area contributed by atoms with Crippen LogP contribution < -0.4 is 5.32 Å². The number of nitriles is 1. The van der Waals surface area contributed by atoms with Crippen LogP contribution in [0.1, 0.15) is 65.9 Å². The number of carbonyl (C=O) groups is 1. The molecule has 0 saturated heterocycles. The third-order valence-corrected chi connectivity index (χ3v) is 4.92. The van der Waals surface area contributed by atoms with Gasteiger partial charge in [-0.1, -0.05) is 70.9 Å². The van der Waals surface area contributed by atoms with E-state index in [9.17, 15) is 10.1 Å². The van der Waals surface area contributed by atoms with Gasteiger partial charge in [0.25, 0.3) is 0 Å². The molecule has 0 aliphatic carbocycles. The molecule has 0 aromatic heterocycles. The monoisotopic (exact) mass is 314 g/mol. The second-order valence-corrected chi connectivity index (χ2v) is 7.20. The number of unbranched alkanes of at least 4 members (excludes halogenated alkanes) is 1. The van der Waals surface area contributed by atoms with Crippen LogP contribution in [0.2, 0.25) is 0 Å². The lowest BCUT2D eigenvalue weighted by Crippen LogP contribution is -2.48. The molecule has 0 heterocycles. The molecule has 126 valence electrons. The minimum absolute atomic E-state index is 0.165. The molecule has 0 aliphatic rings. The van der Waals surface area contributed by atoms with Crippen molar-refractivity contribution in [2.24, 2.45) is 11.3 Å². The van der Waals surface area contributed by atoms with Gasteiger partial charge in [0.05, 0.1) is 11.6 Å². The van der Waals surface area contributed by atoms with Crippen molar-refractivity contribution in [3.63, 3.8) is 0 Å². The summed E-state index contributed by atoms with van der Waals surface area (Å²) >= 11 is 0. The van der Waals surface area contributed by atoms with Crippen molar-refractivity contribution >= 4 is 5.91 Å². The molecule has 1 rings (SSSR count). The van der Waals surface area contributed by atoms with Gasteiger partial charge in [-0.25, -0.2) is 0 Å². The Morgan fingerprint density at radius 2 is 1.83 bits per heavy atom. The van der Waals surface area contributed by atoms with E-state index in [-0.39, 0.29) is 11.3 Å². The fraction of sp³-hybridized carbons (Fsp3) is 0.600. The Morgan fingerprint density at radius 3 is 2.30 bits per heavy atom. The van der Waals surface area contributed by atoms with Crippen LogP contribution in [0.3, 0.4) is 0 Å². The quantitative estimate of drug-likeness (QED) is 0.750. The molecule has 0 fully saturated rings. The molecule has 0 saturated carbocycles. The maximum Gasteiger partial charge on any atom is 0.238 e. The number of nitrogens with zero attached hydrogens (tertiary/aromatic N) is 1. The number of amides is 1. The lowest BCUT2D eigenvalue weighted by molar-refractivity contribution is -0.128. The van der Waals surface area contributed by atoms with E-state index in [0.29, 0.717) is 0 Å². The van der Waals surface area contributed by atoms with Crippen molar-refractivity contribution in [1.82, 2.24) is 5.32 Å². The minimum Gasteiger partial charge on any atom is -0.346 e. The third-order valence-electron chi connectivity index (χ3n) is 4.92. The molecule has 1 N–H and O–H groups in total. The molecular formula is C20H30N2O. The standard InChI is InChI=1S/C20H30N2O/c1-6-8-14-20(5,16-12-10-9-11-13-16)22-18(23)17(15-21)19(3,4)7-2/h9-13,17H,6-8,14H2,1-5H3,(H,22,23). The van der Waals surface area contributed by atoms with E-state index in [0.717, 1.165) is 31.2 Å². The maximum atomic E-state index is 12.8. The minimum atomic E-state index is -0.642. The summed E-state index contributed by atoms with van der Waals surface area (Å²) in [7, 11) is 0. The zero-order chi connectivity index (χ0) is 17.5. The van der Waals surface area contributed by atoms with Gasteiger partial charge in [0.2, 0.25) is 5.91 Å². The number of rotatable bonds is 8. The first-order valence-electron chi connectivity index (χ1n) is 8.58. The van der Waals surface area contributed by atoms with E-state index in [2.05, 4.69) is 25.2 Å². The van der Waals surface area contributed by atoms with Gasteiger partial charge in [0.15, 0.2) is 0 Å². The summed E-state index contributed by atoms with van der Waals surface area (Å²) < 4.78 is 0. The van der Waals surface area contributed by atoms with Crippen molar-refractivity contribution < 1.29 is 4.79 Å². The lowest BCUT2D eigenvalue weighted by Gasteiger charge is -2.35. The number of carbonyl (C=O) groups excluding carboxylic acids is 1. The van der Waals surface area contributed by atoms with Crippen molar-refractivity contribution in [1.29, 1.82) is 5.26 Å². The molecule has 0 radical (unpaired) electrons. The average Bonchev–Trinajstić information content (AvgIpc) is 2.54. The highest BCUT2D eigenvalue weighted by atomic mass is 16.2. The Labute approximate surface area is 141 Å². The van der Waals surface area contributed by atoms with Gasteiger partial charge in [-0.3, -0.25) is 4.79 Å². The molecule has 2 unspecified atom stereocenters. The second-order valence-electron chi connectivity index (χ2n) is 7.20. The number of benzene rings is 1. The normalized spacial score (nSPS) is 15.3. The van der Waals surface area contributed by atoms with Gasteiger partial charge in [0.1, 0.15) is 5.92 Å². The third kappa shape index (κ3) is 4.82. The van der Waals surface area contributed by atoms with Gasteiger partial charge in [-0.05, 0) is 30.7 Å². The predicted molar refractivity (Wildman–Crippen MR) is 94.6 cm³/mol. The number of hydrogen-bond donors (Lipinski definition) is 1. The highest BCUT2D eigenvalue weighted by molar-refractivity contribution is 5.82. The van der Waals surface area contributed by atoms with Gasteiger partial charge in [-0.15, -0.1) is 0 Å². The Kier molecular flexibility index (Phi) is 6.81. The van der Waals surface area contributed by atoms with Crippen LogP contribution in [0.25, 0.3) is 0 Å². The summed E-state index contributed by atoms with van der Waals surface area (Å²) in [5.41, 5.74) is 0.321. The van der Waals surface area contributed by atoms with Crippen LogP contribution in [0.4, 0.5) is 0 Å². The predicted octanol–water partition coefficient (Wildman–Crippen LogP) is 4.78. The Bertz CT molecular complexity index is 545. The van der Waals surface area contributed by atoms with Crippen LogP contribution in [0, 0.1) is 22.7 Å². The van der Waals surface area contributed by atoms with Gasteiger partial charge in [0, 0.05) is 0 Å². The van der Waals surface area contributed by atoms with Crippen LogP contribution in [-0.2, 0) is 10.3 Å². The smallest absolute Gasteiger partial charge is 0.238 e. The molecule has 23 heavy (non-hydrogen) atoms. The van der Waals surface area contributed by atoms with E-state index in [1.54, 1.807) is 0 Å². The van der Waals surface area contributed by atoms with Crippen molar-refractivity contribution in [3.05, 3.63) is 35.9 Å². The fourth-order valence-corrected chi connectivity index (χ4v) is 2.75. The zero-order valence-corrected chi connectivity index (χ0v) is 15.1. The Morgan fingerprint density at radius 1 is 1.22 bits per heavy atom.